The van der Waals surface area contributed by atoms with Crippen LogP contribution >= 0.6 is 0 Å². The van der Waals surface area contributed by atoms with Gasteiger partial charge < -0.3 is 5.11 Å². The fraction of sp³-hybridized carbons (Fsp3) is 0.500. The van der Waals surface area contributed by atoms with Crippen molar-refractivity contribution in [2.24, 2.45) is 11.8 Å². The van der Waals surface area contributed by atoms with Gasteiger partial charge in [-0.25, -0.2) is 13.1 Å². The molecule has 2 N–H and O–H groups in total. The third-order valence-electron chi connectivity index (χ3n) is 3.30. The summed E-state index contributed by atoms with van der Waals surface area (Å²) in [7, 11) is -4.03. The number of benzene rings is 1. The Morgan fingerprint density at radius 3 is 2.48 bits per heavy atom. The zero-order valence-corrected chi connectivity index (χ0v) is 14.0. The summed E-state index contributed by atoms with van der Waals surface area (Å²) in [4.78, 5) is 21.1. The van der Waals surface area contributed by atoms with Gasteiger partial charge in [-0.2, -0.15) is 0 Å². The Bertz CT molecular complexity index is 699. The largest absolute Gasteiger partial charge is 0.481 e. The maximum atomic E-state index is 12.3. The van der Waals surface area contributed by atoms with Crippen molar-refractivity contribution < 1.29 is 23.2 Å². The number of sulfonamides is 1. The van der Waals surface area contributed by atoms with E-state index < -0.39 is 26.8 Å². The van der Waals surface area contributed by atoms with Crippen molar-refractivity contribution in [3.63, 3.8) is 0 Å². The van der Waals surface area contributed by atoms with Crippen LogP contribution in [0.15, 0.2) is 23.1 Å². The van der Waals surface area contributed by atoms with E-state index in [2.05, 4.69) is 4.72 Å². The molecule has 1 atom stereocenters. The van der Waals surface area contributed by atoms with Gasteiger partial charge in [0, 0.05) is 18.7 Å². The van der Waals surface area contributed by atoms with Gasteiger partial charge in [0.15, 0.2) is 0 Å². The Balaban J connectivity index is 3.01. The summed E-state index contributed by atoms with van der Waals surface area (Å²) in [5.41, 5.74) is 0.00627. The molecule has 0 heterocycles. The molecule has 0 amide bonds. The molecule has 0 aliphatic carbocycles. The van der Waals surface area contributed by atoms with E-state index in [4.69, 9.17) is 5.11 Å². The molecule has 8 nitrogen and oxygen atoms in total. The Morgan fingerprint density at radius 1 is 1.39 bits per heavy atom. The molecule has 0 saturated heterocycles. The first-order valence-electron chi connectivity index (χ1n) is 7.02. The quantitative estimate of drug-likeness (QED) is 0.548. The fourth-order valence-corrected chi connectivity index (χ4v) is 3.46. The van der Waals surface area contributed by atoms with Crippen LogP contribution in [-0.4, -0.2) is 31.0 Å². The van der Waals surface area contributed by atoms with Crippen molar-refractivity contribution in [1.82, 2.24) is 4.72 Å². The summed E-state index contributed by atoms with van der Waals surface area (Å²) in [6.45, 7) is 4.93. The highest BCUT2D eigenvalue weighted by molar-refractivity contribution is 7.89. The lowest BCUT2D eigenvalue weighted by molar-refractivity contribution is -0.385. The molecule has 0 aliphatic heterocycles. The third kappa shape index (κ3) is 5.29. The summed E-state index contributed by atoms with van der Waals surface area (Å²) in [5.74, 6) is -1.85. The molecular formula is C14H20N2O6S. The van der Waals surface area contributed by atoms with Gasteiger partial charge in [-0.1, -0.05) is 19.9 Å². The van der Waals surface area contributed by atoms with E-state index in [1.165, 1.54) is 19.1 Å². The number of hydrogen-bond donors (Lipinski definition) is 2. The van der Waals surface area contributed by atoms with Crippen LogP contribution in [0.25, 0.3) is 0 Å². The average Bonchev–Trinajstić information content (AvgIpc) is 2.42. The summed E-state index contributed by atoms with van der Waals surface area (Å²) in [6.07, 6.45) is 0.325. The Labute approximate surface area is 134 Å². The first-order valence-corrected chi connectivity index (χ1v) is 8.50. The molecule has 0 fully saturated rings. The number of hydrogen-bond acceptors (Lipinski definition) is 5. The van der Waals surface area contributed by atoms with Gasteiger partial charge in [0.25, 0.3) is 5.69 Å². The number of nitro benzene ring substituents is 1. The predicted molar refractivity (Wildman–Crippen MR) is 83.6 cm³/mol. The van der Waals surface area contributed by atoms with Crippen LogP contribution in [-0.2, 0) is 14.8 Å². The molecule has 0 aromatic heterocycles. The smallest absolute Gasteiger partial charge is 0.307 e. The molecule has 128 valence electrons. The number of nitrogens with zero attached hydrogens (tertiary/aromatic N) is 1. The van der Waals surface area contributed by atoms with Gasteiger partial charge in [0.1, 0.15) is 0 Å². The van der Waals surface area contributed by atoms with Crippen LogP contribution in [0.2, 0.25) is 0 Å². The first kappa shape index (κ1) is 19.0. The molecule has 9 heteroatoms. The Kier molecular flexibility index (Phi) is 6.22. The van der Waals surface area contributed by atoms with Crippen LogP contribution in [0.1, 0.15) is 25.8 Å². The standard InChI is InChI=1S/C14H20N2O6S/c1-9(2)6-11(14(17)18)8-15-23(21,22)13-7-12(16(19)20)5-4-10(13)3/h4-5,7,9,11,15H,6,8H2,1-3H3,(H,17,18). The highest BCUT2D eigenvalue weighted by atomic mass is 32.2. The number of non-ortho nitro benzene ring substituents is 1. The number of carbonyl (C=O) groups is 1. The third-order valence-corrected chi connectivity index (χ3v) is 4.86. The number of carboxylic acids is 1. The second-order valence-corrected chi connectivity index (χ2v) is 7.46. The van der Waals surface area contributed by atoms with Crippen LogP contribution in [0.4, 0.5) is 5.69 Å². The second kappa shape index (κ2) is 7.51. The van der Waals surface area contributed by atoms with Crippen molar-refractivity contribution in [2.45, 2.75) is 32.1 Å². The number of aryl methyl sites for hydroxylation is 1. The predicted octanol–water partition coefficient (Wildman–Crippen LogP) is 1.93. The number of nitrogens with one attached hydrogen (secondary N) is 1. The SMILES string of the molecule is Cc1ccc([N+](=O)[O-])cc1S(=O)(=O)NCC(CC(C)C)C(=O)O. The van der Waals surface area contributed by atoms with Crippen molar-refractivity contribution >= 4 is 21.7 Å². The molecule has 1 rings (SSSR count). The molecule has 0 bridgehead atoms. The first-order chi connectivity index (χ1) is 10.5. The second-order valence-electron chi connectivity index (χ2n) is 5.72. The van der Waals surface area contributed by atoms with Gasteiger partial charge in [-0.15, -0.1) is 0 Å². The van der Waals surface area contributed by atoms with Gasteiger partial charge >= 0.3 is 5.97 Å². The molecule has 1 aromatic rings. The molecule has 0 aliphatic rings. The summed E-state index contributed by atoms with van der Waals surface area (Å²) in [6, 6.07) is 3.53. The molecule has 23 heavy (non-hydrogen) atoms. The molecule has 0 saturated carbocycles. The van der Waals surface area contributed by atoms with Crippen LogP contribution < -0.4 is 4.72 Å². The van der Waals surface area contributed by atoms with E-state index in [1.54, 1.807) is 0 Å². The van der Waals surface area contributed by atoms with E-state index in [-0.39, 0.29) is 23.0 Å². The summed E-state index contributed by atoms with van der Waals surface area (Å²) in [5, 5.41) is 19.9. The van der Waals surface area contributed by atoms with E-state index >= 15 is 0 Å². The minimum atomic E-state index is -4.03. The lowest BCUT2D eigenvalue weighted by Gasteiger charge is -2.16. The number of rotatable bonds is 8. The lowest BCUT2D eigenvalue weighted by atomic mass is 9.98. The summed E-state index contributed by atoms with van der Waals surface area (Å²) < 4.78 is 26.9. The van der Waals surface area contributed by atoms with Crippen molar-refractivity contribution in [3.8, 4) is 0 Å². The van der Waals surface area contributed by atoms with Crippen LogP contribution in [0, 0.1) is 28.9 Å². The van der Waals surface area contributed by atoms with Crippen molar-refractivity contribution in [1.29, 1.82) is 0 Å². The van der Waals surface area contributed by atoms with E-state index in [0.29, 0.717) is 12.0 Å². The average molecular weight is 344 g/mol. The molecule has 0 radical (unpaired) electrons. The molecule has 0 spiro atoms. The molecule has 1 unspecified atom stereocenters. The minimum Gasteiger partial charge on any atom is -0.481 e. The van der Waals surface area contributed by atoms with Crippen molar-refractivity contribution in [3.05, 3.63) is 33.9 Å². The van der Waals surface area contributed by atoms with E-state index in [9.17, 15) is 23.3 Å². The van der Waals surface area contributed by atoms with Gasteiger partial charge in [0.05, 0.1) is 15.7 Å². The number of aliphatic carboxylic acids is 1. The number of nitro groups is 1. The maximum absolute atomic E-state index is 12.3. The number of carboxylic acid groups (broad SMARTS) is 1. The van der Waals surface area contributed by atoms with E-state index in [0.717, 1.165) is 6.07 Å². The highest BCUT2D eigenvalue weighted by Gasteiger charge is 2.25. The van der Waals surface area contributed by atoms with Gasteiger partial charge in [-0.3, -0.25) is 14.9 Å². The summed E-state index contributed by atoms with van der Waals surface area (Å²) >= 11 is 0. The van der Waals surface area contributed by atoms with E-state index in [1.807, 2.05) is 13.8 Å². The zero-order chi connectivity index (χ0) is 17.8. The van der Waals surface area contributed by atoms with Gasteiger partial charge in [0.2, 0.25) is 10.0 Å². The van der Waals surface area contributed by atoms with Crippen LogP contribution in [0.5, 0.6) is 0 Å². The Hall–Kier alpha value is -2.00. The van der Waals surface area contributed by atoms with Crippen LogP contribution in [0.3, 0.4) is 0 Å². The topological polar surface area (TPSA) is 127 Å². The monoisotopic (exact) mass is 344 g/mol. The maximum Gasteiger partial charge on any atom is 0.307 e. The lowest BCUT2D eigenvalue weighted by Crippen LogP contribution is -2.34. The molecular weight excluding hydrogens is 324 g/mol. The minimum absolute atomic E-state index is 0.0974. The highest BCUT2D eigenvalue weighted by Crippen LogP contribution is 2.22. The Morgan fingerprint density at radius 2 is 2.00 bits per heavy atom. The normalized spacial score (nSPS) is 13.0. The zero-order valence-electron chi connectivity index (χ0n) is 13.1. The fourth-order valence-electron chi connectivity index (χ4n) is 2.12. The molecule has 1 aromatic carbocycles. The van der Waals surface area contributed by atoms with Crippen molar-refractivity contribution in [2.75, 3.05) is 6.54 Å². The van der Waals surface area contributed by atoms with Gasteiger partial charge in [-0.05, 0) is 24.8 Å².